The lowest BCUT2D eigenvalue weighted by Gasteiger charge is -2.23. The highest BCUT2D eigenvalue weighted by Crippen LogP contribution is 2.67. The highest BCUT2D eigenvalue weighted by Gasteiger charge is 2.75. The van der Waals surface area contributed by atoms with Crippen molar-refractivity contribution in [3.63, 3.8) is 0 Å². The number of rotatable bonds is 5. The molecule has 32 heavy (non-hydrogen) atoms. The fraction of sp³-hybridized carbons (Fsp3) is 0.400. The van der Waals surface area contributed by atoms with Crippen molar-refractivity contribution in [3.8, 4) is 0 Å². The van der Waals surface area contributed by atoms with E-state index in [2.05, 4.69) is 25.6 Å². The van der Waals surface area contributed by atoms with Crippen LogP contribution >= 0.6 is 34.8 Å². The molecule has 0 saturated heterocycles. The average Bonchev–Trinajstić information content (AvgIpc) is 3.31. The van der Waals surface area contributed by atoms with Gasteiger partial charge in [-0.2, -0.15) is 9.97 Å². The van der Waals surface area contributed by atoms with E-state index < -0.39 is 23.7 Å². The molecule has 1 amide bonds. The maximum absolute atomic E-state index is 12.4. The van der Waals surface area contributed by atoms with E-state index in [1.807, 2.05) is 0 Å². The molecule has 2 fully saturated rings. The maximum Gasteiger partial charge on any atom is 0.229 e. The molecule has 2 aliphatic carbocycles. The van der Waals surface area contributed by atoms with Crippen molar-refractivity contribution < 1.29 is 15.0 Å². The summed E-state index contributed by atoms with van der Waals surface area (Å²) < 4.78 is 1.66. The summed E-state index contributed by atoms with van der Waals surface area (Å²) in [7, 11) is 1.52. The Morgan fingerprint density at radius 3 is 2.81 bits per heavy atom. The summed E-state index contributed by atoms with van der Waals surface area (Å²) in [5.74, 6) is -0.147. The molecule has 2 aliphatic rings. The van der Waals surface area contributed by atoms with Crippen LogP contribution in [0, 0.1) is 11.3 Å². The van der Waals surface area contributed by atoms with Crippen LogP contribution in [-0.4, -0.2) is 54.9 Å². The number of anilines is 1. The molecular weight excluding hydrogens is 479 g/mol. The highest BCUT2D eigenvalue weighted by atomic mass is 35.5. The molecule has 0 aliphatic heterocycles. The minimum absolute atomic E-state index is 0.0136. The number of nitrogens with one attached hydrogen (secondary N) is 2. The topological polar surface area (TPSA) is 125 Å². The normalized spacial score (nSPS) is 28.6. The Labute approximate surface area is 197 Å². The van der Waals surface area contributed by atoms with Crippen molar-refractivity contribution in [2.45, 2.75) is 31.2 Å². The van der Waals surface area contributed by atoms with Gasteiger partial charge in [-0.3, -0.25) is 4.79 Å². The molecular formula is C20H19Cl3N6O3. The van der Waals surface area contributed by atoms with Gasteiger partial charge in [0.15, 0.2) is 17.0 Å². The third-order valence-electron chi connectivity index (χ3n) is 6.49. The third-order valence-corrected chi connectivity index (χ3v) is 7.26. The van der Waals surface area contributed by atoms with Crippen molar-refractivity contribution >= 4 is 57.7 Å². The summed E-state index contributed by atoms with van der Waals surface area (Å²) in [4.78, 5) is 25.4. The molecule has 4 N–H and O–H groups in total. The maximum atomic E-state index is 12.4. The average molecular weight is 498 g/mol. The van der Waals surface area contributed by atoms with E-state index in [-0.39, 0.29) is 17.1 Å². The van der Waals surface area contributed by atoms with Crippen LogP contribution in [0.1, 0.15) is 18.0 Å². The van der Waals surface area contributed by atoms with E-state index in [1.165, 1.54) is 13.4 Å². The zero-order chi connectivity index (χ0) is 22.8. The molecule has 2 heterocycles. The second kappa shape index (κ2) is 7.71. The van der Waals surface area contributed by atoms with Crippen molar-refractivity contribution in [1.29, 1.82) is 0 Å². The van der Waals surface area contributed by atoms with Crippen LogP contribution in [0.2, 0.25) is 15.3 Å². The lowest BCUT2D eigenvalue weighted by atomic mass is 9.98. The van der Waals surface area contributed by atoms with Gasteiger partial charge in [0, 0.05) is 29.6 Å². The first-order chi connectivity index (χ1) is 15.3. The van der Waals surface area contributed by atoms with Gasteiger partial charge < -0.3 is 25.4 Å². The number of benzene rings is 1. The Morgan fingerprint density at radius 1 is 1.28 bits per heavy atom. The van der Waals surface area contributed by atoms with Gasteiger partial charge in [0.05, 0.1) is 23.9 Å². The van der Waals surface area contributed by atoms with Gasteiger partial charge in [-0.25, -0.2) is 4.98 Å². The molecule has 0 unspecified atom stereocenters. The van der Waals surface area contributed by atoms with E-state index in [1.54, 1.807) is 22.8 Å². The monoisotopic (exact) mass is 496 g/mol. The molecule has 2 saturated carbocycles. The van der Waals surface area contributed by atoms with Crippen LogP contribution in [0.25, 0.3) is 11.2 Å². The Hall–Kier alpha value is -2.17. The number of nitrogens with zero attached hydrogens (tertiary/aromatic N) is 4. The van der Waals surface area contributed by atoms with E-state index in [4.69, 9.17) is 34.8 Å². The Morgan fingerprint density at radius 2 is 2.06 bits per heavy atom. The summed E-state index contributed by atoms with van der Waals surface area (Å²) in [5.41, 5.74) is 0.591. The summed E-state index contributed by atoms with van der Waals surface area (Å²) in [6.07, 6.45) is -0.355. The van der Waals surface area contributed by atoms with Gasteiger partial charge in [-0.1, -0.05) is 23.2 Å². The molecule has 168 valence electrons. The van der Waals surface area contributed by atoms with Gasteiger partial charge in [-0.15, -0.1) is 0 Å². The number of carbonyl (C=O) groups is 1. The summed E-state index contributed by atoms with van der Waals surface area (Å²) in [5, 5.41) is 28.2. The number of halogens is 3. The minimum Gasteiger partial charge on any atom is -0.389 e. The van der Waals surface area contributed by atoms with Crippen LogP contribution < -0.4 is 10.6 Å². The van der Waals surface area contributed by atoms with Gasteiger partial charge >= 0.3 is 0 Å². The number of hydrogen-bond donors (Lipinski definition) is 4. The van der Waals surface area contributed by atoms with Crippen LogP contribution in [-0.2, 0) is 11.3 Å². The van der Waals surface area contributed by atoms with E-state index in [0.29, 0.717) is 40.0 Å². The molecule has 1 aromatic carbocycles. The number of carbonyl (C=O) groups excluding carboxylic acids is 1. The molecule has 3 aromatic rings. The van der Waals surface area contributed by atoms with Crippen molar-refractivity contribution in [3.05, 3.63) is 45.4 Å². The number of aliphatic hydroxyl groups excluding tert-OH is 2. The summed E-state index contributed by atoms with van der Waals surface area (Å²) in [6.45, 7) is 0.321. The van der Waals surface area contributed by atoms with Crippen molar-refractivity contribution in [2.24, 2.45) is 11.3 Å². The molecule has 0 radical (unpaired) electrons. The zero-order valence-electron chi connectivity index (χ0n) is 16.8. The number of fused-ring (bicyclic) bond motifs is 2. The Balaban J connectivity index is 1.49. The fourth-order valence-electron chi connectivity index (χ4n) is 4.88. The molecule has 5 atom stereocenters. The highest BCUT2D eigenvalue weighted by molar-refractivity contribution is 6.33. The van der Waals surface area contributed by atoms with Crippen LogP contribution in [0.5, 0.6) is 0 Å². The van der Waals surface area contributed by atoms with Crippen LogP contribution in [0.15, 0.2) is 24.5 Å². The Bertz CT molecular complexity index is 1240. The van der Waals surface area contributed by atoms with E-state index >= 15 is 0 Å². The standard InChI is InChI=1S/C20H19Cl3N6O3/c1-24-18(32)20-5-10(20)13(14(30)15(20)31)29-7-26-12-16(27-19(23)28-17(12)29)25-6-8-4-9(21)2-3-11(8)22/h2-4,7,10,13-15,30-31H,5-6H2,1H3,(H,24,32)(H,25,27,28)/t10-,13-,14+,15+,20-/m1/s1. The number of amides is 1. The quantitative estimate of drug-likeness (QED) is 0.399. The second-order valence-electron chi connectivity index (χ2n) is 8.11. The number of hydrogen-bond acceptors (Lipinski definition) is 7. The largest absolute Gasteiger partial charge is 0.389 e. The van der Waals surface area contributed by atoms with Crippen molar-refractivity contribution in [2.75, 3.05) is 12.4 Å². The smallest absolute Gasteiger partial charge is 0.229 e. The zero-order valence-corrected chi connectivity index (χ0v) is 19.0. The predicted molar refractivity (Wildman–Crippen MR) is 120 cm³/mol. The van der Waals surface area contributed by atoms with Crippen molar-refractivity contribution in [1.82, 2.24) is 24.8 Å². The fourth-order valence-corrected chi connectivity index (χ4v) is 5.42. The number of aromatic nitrogens is 4. The molecule has 9 nitrogen and oxygen atoms in total. The minimum atomic E-state index is -1.19. The molecule has 12 heteroatoms. The van der Waals surface area contributed by atoms with E-state index in [9.17, 15) is 15.0 Å². The molecule has 0 bridgehead atoms. The summed E-state index contributed by atoms with van der Waals surface area (Å²) >= 11 is 18.5. The SMILES string of the molecule is CNC(=O)[C@]12C[C@@H]1[C@@H](n1cnc3c(NCc4cc(Cl)ccc4Cl)nc(Cl)nc31)[C@H](O)[C@@H]2O. The van der Waals surface area contributed by atoms with Gasteiger partial charge in [0.25, 0.3) is 0 Å². The van der Waals surface area contributed by atoms with Gasteiger partial charge in [0.2, 0.25) is 11.2 Å². The third kappa shape index (κ3) is 3.14. The van der Waals surface area contributed by atoms with Gasteiger partial charge in [0.1, 0.15) is 6.10 Å². The first-order valence-electron chi connectivity index (χ1n) is 9.94. The summed E-state index contributed by atoms with van der Waals surface area (Å²) in [6, 6.07) is 4.58. The number of aliphatic hydroxyl groups is 2. The van der Waals surface area contributed by atoms with Crippen LogP contribution in [0.4, 0.5) is 5.82 Å². The first kappa shape index (κ1) is 21.7. The molecule has 5 rings (SSSR count). The van der Waals surface area contributed by atoms with Gasteiger partial charge in [-0.05, 0) is 41.8 Å². The van der Waals surface area contributed by atoms with E-state index in [0.717, 1.165) is 5.56 Å². The molecule has 2 aromatic heterocycles. The molecule has 0 spiro atoms. The van der Waals surface area contributed by atoms with Crippen LogP contribution in [0.3, 0.4) is 0 Å². The Kier molecular flexibility index (Phi) is 5.22. The first-order valence-corrected chi connectivity index (χ1v) is 11.1. The lowest BCUT2D eigenvalue weighted by molar-refractivity contribution is -0.132. The lowest BCUT2D eigenvalue weighted by Crippen LogP contribution is -2.41. The predicted octanol–water partition coefficient (Wildman–Crippen LogP) is 2.43. The second-order valence-corrected chi connectivity index (χ2v) is 9.29. The number of imidazole rings is 1.